The molecule has 1 aliphatic carbocycles. The van der Waals surface area contributed by atoms with E-state index in [1.54, 1.807) is 18.7 Å². The van der Waals surface area contributed by atoms with Gasteiger partial charge >= 0.3 is 6.03 Å². The number of carbonyl (C=O) groups excluding carboxylic acids is 1. The largest absolute Gasteiger partial charge is 0.386 e. The lowest BCUT2D eigenvalue weighted by Gasteiger charge is -2.22. The maximum absolute atomic E-state index is 13.0. The maximum Gasteiger partial charge on any atom is 0.320 e. The Morgan fingerprint density at radius 3 is 2.64 bits per heavy atom. The number of aliphatic hydroxyl groups is 1. The second-order valence-electron chi connectivity index (χ2n) is 6.59. The molecule has 3 N–H and O–H groups in total. The van der Waals surface area contributed by atoms with Crippen LogP contribution in [-0.4, -0.2) is 27.0 Å². The predicted octanol–water partition coefficient (Wildman–Crippen LogP) is 3.07. The molecule has 2 amide bonds. The molecule has 2 aromatic rings. The lowest BCUT2D eigenvalue weighted by Crippen LogP contribution is -2.40. The second-order valence-corrected chi connectivity index (χ2v) is 6.59. The van der Waals surface area contributed by atoms with Crippen molar-refractivity contribution in [2.75, 3.05) is 5.32 Å². The van der Waals surface area contributed by atoms with E-state index in [2.05, 4.69) is 15.7 Å². The molecule has 0 radical (unpaired) electrons. The third kappa shape index (κ3) is 3.99. The molecule has 2 atom stereocenters. The van der Waals surface area contributed by atoms with E-state index >= 15 is 0 Å². The summed E-state index contributed by atoms with van der Waals surface area (Å²) in [6, 6.07) is 6.50. The molecule has 1 aromatic carbocycles. The van der Waals surface area contributed by atoms with Crippen molar-refractivity contribution in [3.8, 4) is 0 Å². The van der Waals surface area contributed by atoms with Crippen molar-refractivity contribution >= 4 is 11.8 Å². The minimum Gasteiger partial charge on any atom is -0.386 e. The third-order valence-corrected chi connectivity index (χ3v) is 4.71. The first-order valence-electron chi connectivity index (χ1n) is 8.49. The van der Waals surface area contributed by atoms with Crippen LogP contribution in [0.25, 0.3) is 0 Å². The number of aryl methyl sites for hydroxylation is 1. The number of carbonyl (C=O) groups is 1. The summed E-state index contributed by atoms with van der Waals surface area (Å²) in [6.07, 6.45) is 2.58. The van der Waals surface area contributed by atoms with E-state index in [0.29, 0.717) is 17.3 Å². The molecule has 0 bridgehead atoms. The number of urea groups is 1. The molecule has 1 aliphatic rings. The van der Waals surface area contributed by atoms with Gasteiger partial charge in [0, 0.05) is 19.0 Å². The first-order chi connectivity index (χ1) is 11.9. The van der Waals surface area contributed by atoms with Crippen molar-refractivity contribution in [3.05, 3.63) is 47.4 Å². The molecule has 3 rings (SSSR count). The van der Waals surface area contributed by atoms with Crippen LogP contribution in [-0.2, 0) is 7.05 Å². The van der Waals surface area contributed by atoms with Crippen LogP contribution in [0.15, 0.2) is 30.3 Å². The maximum atomic E-state index is 13.0. The van der Waals surface area contributed by atoms with Crippen molar-refractivity contribution in [3.63, 3.8) is 0 Å². The van der Waals surface area contributed by atoms with Crippen LogP contribution in [0.2, 0.25) is 0 Å². The molecular weight excluding hydrogens is 323 g/mol. The van der Waals surface area contributed by atoms with Gasteiger partial charge in [-0.3, -0.25) is 10.00 Å². The minimum absolute atomic E-state index is 0.368. The minimum atomic E-state index is -0.927. The predicted molar refractivity (Wildman–Crippen MR) is 92.8 cm³/mol. The number of anilines is 1. The average Bonchev–Trinajstić information content (AvgIpc) is 2.85. The molecule has 2 unspecified atom stereocenters. The van der Waals surface area contributed by atoms with Crippen molar-refractivity contribution < 1.29 is 14.3 Å². The molecule has 6 nitrogen and oxygen atoms in total. The fraction of sp³-hybridized carbons (Fsp3) is 0.444. The Kier molecular flexibility index (Phi) is 5.03. The van der Waals surface area contributed by atoms with Crippen LogP contribution in [0.1, 0.15) is 49.5 Å². The van der Waals surface area contributed by atoms with Crippen LogP contribution < -0.4 is 10.6 Å². The molecule has 0 saturated heterocycles. The van der Waals surface area contributed by atoms with E-state index in [1.807, 2.05) is 6.07 Å². The highest BCUT2D eigenvalue weighted by Gasteiger charge is 2.24. The van der Waals surface area contributed by atoms with Gasteiger partial charge in [0.15, 0.2) is 0 Å². The summed E-state index contributed by atoms with van der Waals surface area (Å²) in [5, 5.41) is 20.2. The van der Waals surface area contributed by atoms with Crippen LogP contribution >= 0.6 is 0 Å². The number of nitrogens with zero attached hydrogens (tertiary/aromatic N) is 2. The van der Waals surface area contributed by atoms with Crippen LogP contribution in [0.3, 0.4) is 0 Å². The third-order valence-electron chi connectivity index (χ3n) is 4.71. The molecule has 25 heavy (non-hydrogen) atoms. The van der Waals surface area contributed by atoms with Gasteiger partial charge in [-0.15, -0.1) is 0 Å². The summed E-state index contributed by atoms with van der Waals surface area (Å²) in [7, 11) is 1.79. The van der Waals surface area contributed by atoms with Crippen LogP contribution in [0.5, 0.6) is 0 Å². The van der Waals surface area contributed by atoms with Gasteiger partial charge in [0.1, 0.15) is 11.6 Å². The highest BCUT2D eigenvalue weighted by atomic mass is 19.1. The molecule has 7 heteroatoms. The van der Waals surface area contributed by atoms with Crippen LogP contribution in [0.4, 0.5) is 15.0 Å². The Bertz CT molecular complexity index is 740. The Morgan fingerprint density at radius 1 is 1.36 bits per heavy atom. The lowest BCUT2D eigenvalue weighted by atomic mass is 9.83. The summed E-state index contributed by atoms with van der Waals surface area (Å²) < 4.78 is 14.6. The quantitative estimate of drug-likeness (QED) is 0.778. The van der Waals surface area contributed by atoms with Gasteiger partial charge in [-0.1, -0.05) is 18.6 Å². The van der Waals surface area contributed by atoms with Crippen molar-refractivity contribution in [2.24, 2.45) is 7.05 Å². The number of amides is 2. The van der Waals surface area contributed by atoms with Gasteiger partial charge in [-0.2, -0.15) is 5.10 Å². The average molecular weight is 346 g/mol. The Balaban J connectivity index is 1.58. The molecular formula is C18H23FN4O2. The summed E-state index contributed by atoms with van der Waals surface area (Å²) in [6.45, 7) is 1.69. The van der Waals surface area contributed by atoms with Gasteiger partial charge in [-0.05, 0) is 37.5 Å². The molecule has 134 valence electrons. The van der Waals surface area contributed by atoms with Gasteiger partial charge in [-0.25, -0.2) is 9.18 Å². The SMILES string of the molecule is CC(NC(=O)Nc1cc(C2CCC2)nn1C)C(O)c1ccc(F)cc1. The van der Waals surface area contributed by atoms with Gasteiger partial charge in [0.25, 0.3) is 0 Å². The van der Waals surface area contributed by atoms with E-state index in [4.69, 9.17) is 0 Å². The van der Waals surface area contributed by atoms with Gasteiger partial charge < -0.3 is 10.4 Å². The van der Waals surface area contributed by atoms with E-state index in [1.165, 1.54) is 30.7 Å². The first-order valence-corrected chi connectivity index (χ1v) is 8.49. The number of halogens is 1. The number of aromatic nitrogens is 2. The van der Waals surface area contributed by atoms with Crippen molar-refractivity contribution in [1.82, 2.24) is 15.1 Å². The number of rotatable bonds is 5. The number of nitrogens with one attached hydrogen (secondary N) is 2. The monoisotopic (exact) mass is 346 g/mol. The standard InChI is InChI=1S/C18H23FN4O2/c1-11(17(24)13-6-8-14(19)9-7-13)20-18(25)21-16-10-15(22-23(16)2)12-4-3-5-12/h6-12,17,24H,3-5H2,1-2H3,(H2,20,21,25). The van der Waals surface area contributed by atoms with Crippen molar-refractivity contribution in [1.29, 1.82) is 0 Å². The smallest absolute Gasteiger partial charge is 0.320 e. The topological polar surface area (TPSA) is 79.2 Å². The summed E-state index contributed by atoms with van der Waals surface area (Å²) in [5.74, 6) is 0.736. The normalized spacial score (nSPS) is 16.8. The molecule has 0 aliphatic heterocycles. The van der Waals surface area contributed by atoms with Crippen LogP contribution in [0, 0.1) is 5.82 Å². The second kappa shape index (κ2) is 7.23. The van der Waals surface area contributed by atoms with E-state index < -0.39 is 18.2 Å². The zero-order chi connectivity index (χ0) is 18.0. The molecule has 1 aromatic heterocycles. The fourth-order valence-corrected chi connectivity index (χ4v) is 2.90. The summed E-state index contributed by atoms with van der Waals surface area (Å²) >= 11 is 0. The number of aliphatic hydroxyl groups excluding tert-OH is 1. The zero-order valence-electron chi connectivity index (χ0n) is 14.4. The highest BCUT2D eigenvalue weighted by Crippen LogP contribution is 2.36. The van der Waals surface area contributed by atoms with Crippen molar-refractivity contribution in [2.45, 2.75) is 44.2 Å². The summed E-state index contributed by atoms with van der Waals surface area (Å²) in [5.41, 5.74) is 1.55. The Morgan fingerprint density at radius 2 is 2.04 bits per heavy atom. The van der Waals surface area contributed by atoms with Gasteiger partial charge in [0.2, 0.25) is 0 Å². The fourth-order valence-electron chi connectivity index (χ4n) is 2.90. The Hall–Kier alpha value is -2.41. The summed E-state index contributed by atoms with van der Waals surface area (Å²) in [4.78, 5) is 12.2. The highest BCUT2D eigenvalue weighted by molar-refractivity contribution is 5.88. The zero-order valence-corrected chi connectivity index (χ0v) is 14.4. The Labute approximate surface area is 146 Å². The van der Waals surface area contributed by atoms with E-state index in [-0.39, 0.29) is 5.82 Å². The molecule has 1 heterocycles. The molecule has 0 spiro atoms. The molecule has 1 fully saturated rings. The number of hydrogen-bond donors (Lipinski definition) is 3. The number of benzene rings is 1. The number of hydrogen-bond acceptors (Lipinski definition) is 3. The van der Waals surface area contributed by atoms with Gasteiger partial charge in [0.05, 0.1) is 17.8 Å². The van der Waals surface area contributed by atoms with E-state index in [9.17, 15) is 14.3 Å². The first kappa shape index (κ1) is 17.4. The van der Waals surface area contributed by atoms with E-state index in [0.717, 1.165) is 18.5 Å². The molecule has 1 saturated carbocycles. The lowest BCUT2D eigenvalue weighted by molar-refractivity contribution is 0.139.